The van der Waals surface area contributed by atoms with E-state index < -0.39 is 5.97 Å². The molecule has 0 saturated carbocycles. The summed E-state index contributed by atoms with van der Waals surface area (Å²) in [5, 5.41) is 12.1. The number of aliphatic carboxylic acids is 1. The Hall–Kier alpha value is -0.610. The topological polar surface area (TPSA) is 52.6 Å². The third-order valence-corrected chi connectivity index (χ3v) is 4.17. The van der Waals surface area contributed by atoms with E-state index in [0.29, 0.717) is 5.92 Å². The van der Waals surface area contributed by atoms with E-state index in [9.17, 15) is 4.79 Å². The van der Waals surface area contributed by atoms with Crippen molar-refractivity contribution in [2.75, 3.05) is 26.2 Å². The van der Waals surface area contributed by atoms with Crippen molar-refractivity contribution >= 4 is 5.97 Å². The Kier molecular flexibility index (Phi) is 3.82. The van der Waals surface area contributed by atoms with Crippen LogP contribution in [-0.4, -0.2) is 48.2 Å². The van der Waals surface area contributed by atoms with Crippen LogP contribution in [0.1, 0.15) is 26.2 Å². The van der Waals surface area contributed by atoms with Crippen molar-refractivity contribution in [1.29, 1.82) is 0 Å². The molecule has 2 rings (SSSR count). The number of hydrogen-bond acceptors (Lipinski definition) is 3. The quantitative estimate of drug-likeness (QED) is 0.747. The molecule has 0 aromatic carbocycles. The first-order chi connectivity index (χ1) is 7.70. The lowest BCUT2D eigenvalue weighted by atomic mass is 9.81. The van der Waals surface area contributed by atoms with Crippen molar-refractivity contribution in [3.8, 4) is 0 Å². The van der Waals surface area contributed by atoms with Crippen molar-refractivity contribution in [3.63, 3.8) is 0 Å². The lowest BCUT2D eigenvalue weighted by molar-refractivity contribution is -0.140. The molecule has 0 aliphatic carbocycles. The monoisotopic (exact) mass is 226 g/mol. The second-order valence-corrected chi connectivity index (χ2v) is 5.07. The minimum Gasteiger partial charge on any atom is -0.480 e. The smallest absolute Gasteiger partial charge is 0.320 e. The van der Waals surface area contributed by atoms with Crippen LogP contribution in [0, 0.1) is 11.8 Å². The van der Waals surface area contributed by atoms with Gasteiger partial charge < -0.3 is 15.3 Å². The zero-order valence-electron chi connectivity index (χ0n) is 9.98. The molecule has 4 heteroatoms. The van der Waals surface area contributed by atoms with Gasteiger partial charge in [-0.15, -0.1) is 0 Å². The maximum Gasteiger partial charge on any atom is 0.320 e. The lowest BCUT2D eigenvalue weighted by Gasteiger charge is -2.31. The van der Waals surface area contributed by atoms with E-state index in [2.05, 4.69) is 17.1 Å². The van der Waals surface area contributed by atoms with Crippen molar-refractivity contribution in [1.82, 2.24) is 10.2 Å². The van der Waals surface area contributed by atoms with E-state index in [4.69, 9.17) is 5.11 Å². The van der Waals surface area contributed by atoms with Gasteiger partial charge in [0.1, 0.15) is 6.04 Å². The van der Waals surface area contributed by atoms with Gasteiger partial charge in [-0.25, -0.2) is 0 Å². The van der Waals surface area contributed by atoms with Gasteiger partial charge >= 0.3 is 5.97 Å². The average Bonchev–Trinajstić information content (AvgIpc) is 2.77. The summed E-state index contributed by atoms with van der Waals surface area (Å²) < 4.78 is 0. The highest BCUT2D eigenvalue weighted by Gasteiger charge is 2.34. The third-order valence-electron chi connectivity index (χ3n) is 4.17. The molecule has 2 heterocycles. The van der Waals surface area contributed by atoms with Gasteiger partial charge in [0.05, 0.1) is 0 Å². The summed E-state index contributed by atoms with van der Waals surface area (Å²) in [6, 6.07) is -0.311. The molecule has 0 bridgehead atoms. The highest BCUT2D eigenvalue weighted by molar-refractivity contribution is 5.73. The molecule has 16 heavy (non-hydrogen) atoms. The van der Waals surface area contributed by atoms with Gasteiger partial charge in [-0.1, -0.05) is 6.92 Å². The van der Waals surface area contributed by atoms with Crippen LogP contribution in [-0.2, 0) is 4.79 Å². The Morgan fingerprint density at radius 3 is 2.88 bits per heavy atom. The second kappa shape index (κ2) is 5.15. The Labute approximate surface area is 97.0 Å². The lowest BCUT2D eigenvalue weighted by Crippen LogP contribution is -2.45. The van der Waals surface area contributed by atoms with Crippen LogP contribution in [0.4, 0.5) is 0 Å². The molecule has 2 N–H and O–H groups in total. The van der Waals surface area contributed by atoms with Gasteiger partial charge in [-0.3, -0.25) is 4.79 Å². The van der Waals surface area contributed by atoms with E-state index in [1.807, 2.05) is 0 Å². The van der Waals surface area contributed by atoms with E-state index in [1.54, 1.807) is 0 Å². The normalized spacial score (nSPS) is 36.4. The van der Waals surface area contributed by atoms with Crippen LogP contribution in [0.2, 0.25) is 0 Å². The molecule has 0 spiro atoms. The highest BCUT2D eigenvalue weighted by Crippen LogP contribution is 2.31. The number of hydrogen-bond donors (Lipinski definition) is 2. The zero-order chi connectivity index (χ0) is 11.5. The number of nitrogens with one attached hydrogen (secondary N) is 1. The SMILES string of the molecule is CCN1CCC(C2CCNC(C(=O)O)C2)C1. The molecule has 4 nitrogen and oxygen atoms in total. The van der Waals surface area contributed by atoms with Crippen molar-refractivity contribution < 1.29 is 9.90 Å². The molecule has 3 atom stereocenters. The molecule has 2 fully saturated rings. The summed E-state index contributed by atoms with van der Waals surface area (Å²) in [6.45, 7) is 6.56. The maximum absolute atomic E-state index is 11.0. The summed E-state index contributed by atoms with van der Waals surface area (Å²) in [5.74, 6) is 0.651. The number of carboxylic acids is 1. The fraction of sp³-hybridized carbons (Fsp3) is 0.917. The Bertz CT molecular complexity index is 257. The van der Waals surface area contributed by atoms with Crippen LogP contribution in [0.3, 0.4) is 0 Å². The predicted molar refractivity (Wildman–Crippen MR) is 62.4 cm³/mol. The Morgan fingerprint density at radius 1 is 1.44 bits per heavy atom. The standard InChI is InChI=1S/C12H22N2O2/c1-2-14-6-4-10(8-14)9-3-5-13-11(7-9)12(15)16/h9-11,13H,2-8H2,1H3,(H,15,16). The number of carboxylic acid groups (broad SMARTS) is 1. The Balaban J connectivity index is 1.87. The molecule has 0 aromatic heterocycles. The molecule has 0 radical (unpaired) electrons. The second-order valence-electron chi connectivity index (χ2n) is 5.07. The highest BCUT2D eigenvalue weighted by atomic mass is 16.4. The minimum absolute atomic E-state index is 0.311. The van der Waals surface area contributed by atoms with Gasteiger partial charge in [-0.05, 0) is 50.7 Å². The fourth-order valence-electron chi connectivity index (χ4n) is 3.10. The Morgan fingerprint density at radius 2 is 2.25 bits per heavy atom. The molecule has 92 valence electrons. The summed E-state index contributed by atoms with van der Waals surface area (Å²) in [4.78, 5) is 13.4. The van der Waals surface area contributed by atoms with E-state index in [-0.39, 0.29) is 6.04 Å². The number of rotatable bonds is 3. The summed E-state index contributed by atoms with van der Waals surface area (Å²) in [7, 11) is 0. The van der Waals surface area contributed by atoms with Gasteiger partial charge in [0.2, 0.25) is 0 Å². The van der Waals surface area contributed by atoms with Crippen molar-refractivity contribution in [2.24, 2.45) is 11.8 Å². The van der Waals surface area contributed by atoms with Crippen molar-refractivity contribution in [2.45, 2.75) is 32.2 Å². The summed E-state index contributed by atoms with van der Waals surface area (Å²) in [6.07, 6.45) is 3.22. The van der Waals surface area contributed by atoms with Gasteiger partial charge in [0, 0.05) is 6.54 Å². The number of piperidine rings is 1. The fourth-order valence-corrected chi connectivity index (χ4v) is 3.10. The van der Waals surface area contributed by atoms with Gasteiger partial charge in [0.25, 0.3) is 0 Å². The minimum atomic E-state index is -0.685. The predicted octanol–water partition coefficient (Wildman–Crippen LogP) is 0.781. The van der Waals surface area contributed by atoms with Crippen LogP contribution >= 0.6 is 0 Å². The molecule has 2 aliphatic heterocycles. The van der Waals surface area contributed by atoms with Gasteiger partial charge in [-0.2, -0.15) is 0 Å². The molecule has 0 aromatic rings. The number of carbonyl (C=O) groups is 1. The van der Waals surface area contributed by atoms with E-state index in [1.165, 1.54) is 19.5 Å². The van der Waals surface area contributed by atoms with Crippen LogP contribution < -0.4 is 5.32 Å². The largest absolute Gasteiger partial charge is 0.480 e. The summed E-state index contributed by atoms with van der Waals surface area (Å²) >= 11 is 0. The molecule has 2 aliphatic rings. The van der Waals surface area contributed by atoms with Crippen molar-refractivity contribution in [3.05, 3.63) is 0 Å². The first-order valence-corrected chi connectivity index (χ1v) is 6.39. The molecular weight excluding hydrogens is 204 g/mol. The van der Waals surface area contributed by atoms with Crippen LogP contribution in [0.25, 0.3) is 0 Å². The molecule has 2 saturated heterocycles. The first-order valence-electron chi connectivity index (χ1n) is 6.39. The third kappa shape index (κ3) is 2.55. The first kappa shape index (κ1) is 11.9. The van der Waals surface area contributed by atoms with E-state index >= 15 is 0 Å². The molecular formula is C12H22N2O2. The van der Waals surface area contributed by atoms with Crippen LogP contribution in [0.5, 0.6) is 0 Å². The average molecular weight is 226 g/mol. The van der Waals surface area contributed by atoms with Crippen LogP contribution in [0.15, 0.2) is 0 Å². The number of likely N-dealkylation sites (tertiary alicyclic amines) is 1. The molecule has 0 amide bonds. The van der Waals surface area contributed by atoms with E-state index in [0.717, 1.165) is 31.8 Å². The summed E-state index contributed by atoms with van der Waals surface area (Å²) in [5.41, 5.74) is 0. The molecule has 3 unspecified atom stereocenters. The zero-order valence-corrected chi connectivity index (χ0v) is 9.98. The maximum atomic E-state index is 11.0. The van der Waals surface area contributed by atoms with Gasteiger partial charge in [0.15, 0.2) is 0 Å². The number of nitrogens with zero attached hydrogens (tertiary/aromatic N) is 1.